The summed E-state index contributed by atoms with van der Waals surface area (Å²) in [4.78, 5) is 22.1. The number of nitrogens with one attached hydrogen (secondary N) is 1. The molecule has 0 bridgehead atoms. The summed E-state index contributed by atoms with van der Waals surface area (Å²) in [6, 6.07) is 8.69. The Bertz CT molecular complexity index is 688. The summed E-state index contributed by atoms with van der Waals surface area (Å²) < 4.78 is 5.42. The first-order valence-electron chi connectivity index (χ1n) is 5.21. The smallest absolute Gasteiger partial charge is 0.254 e. The highest BCUT2D eigenvalue weighted by atomic mass is 16.3. The zero-order chi connectivity index (χ0) is 13.1. The second-order valence-electron chi connectivity index (χ2n) is 3.65. The molecule has 92 valence electrons. The number of hydrogen-bond acceptors (Lipinski definition) is 4. The van der Waals surface area contributed by atoms with Gasteiger partial charge in [0.05, 0.1) is 0 Å². The Morgan fingerprint density at radius 1 is 1.33 bits per heavy atom. The molecule has 1 heterocycles. The lowest BCUT2D eigenvalue weighted by molar-refractivity contribution is -0.119. The van der Waals surface area contributed by atoms with E-state index in [1.807, 2.05) is 6.07 Å². The van der Waals surface area contributed by atoms with Gasteiger partial charge in [-0.3, -0.25) is 9.59 Å². The van der Waals surface area contributed by atoms with E-state index in [1.165, 1.54) is 6.92 Å². The van der Waals surface area contributed by atoms with Crippen LogP contribution in [0, 0.1) is 0 Å². The summed E-state index contributed by atoms with van der Waals surface area (Å²) >= 11 is 0. The van der Waals surface area contributed by atoms with Crippen LogP contribution in [0.15, 0.2) is 39.9 Å². The Labute approximate surface area is 102 Å². The number of primary amides is 1. The van der Waals surface area contributed by atoms with Gasteiger partial charge >= 0.3 is 0 Å². The third-order valence-electron chi connectivity index (χ3n) is 2.24. The molecule has 2 rings (SSSR count). The first-order chi connectivity index (χ1) is 8.58. The fourth-order valence-corrected chi connectivity index (χ4v) is 1.46. The molecule has 2 amide bonds. The molecule has 0 saturated carbocycles. The first-order valence-corrected chi connectivity index (χ1v) is 5.21. The maximum Gasteiger partial charge on any atom is 0.254 e. The zero-order valence-corrected chi connectivity index (χ0v) is 9.64. The number of fused-ring (bicyclic) bond motifs is 1. The molecule has 6 heteroatoms. The molecule has 0 aliphatic rings. The van der Waals surface area contributed by atoms with Crippen LogP contribution < -0.4 is 16.7 Å². The first kappa shape index (κ1) is 11.8. The standard InChI is InChI=1S/C12H11N3O3/c1-7(16)14-15-12-9(11(13)17)6-8-4-2-3-5-10(8)18-12/h2-6H,1H3,(H2,13,17)(H,14,16)/b15-12+. The minimum atomic E-state index is -0.673. The van der Waals surface area contributed by atoms with E-state index in [1.54, 1.807) is 24.3 Å². The third kappa shape index (κ3) is 2.37. The number of amides is 2. The Balaban J connectivity index is 2.69. The van der Waals surface area contributed by atoms with Crippen molar-refractivity contribution >= 4 is 22.8 Å². The molecule has 0 spiro atoms. The fourth-order valence-electron chi connectivity index (χ4n) is 1.46. The topological polar surface area (TPSA) is 97.7 Å². The lowest BCUT2D eigenvalue weighted by atomic mass is 10.2. The van der Waals surface area contributed by atoms with Crippen molar-refractivity contribution in [2.75, 3.05) is 0 Å². The summed E-state index contributed by atoms with van der Waals surface area (Å²) in [5.74, 6) is -1.04. The molecule has 6 nitrogen and oxygen atoms in total. The Morgan fingerprint density at radius 2 is 2.06 bits per heavy atom. The highest BCUT2D eigenvalue weighted by Gasteiger charge is 2.08. The molecule has 0 aliphatic heterocycles. The van der Waals surface area contributed by atoms with Crippen molar-refractivity contribution in [1.82, 2.24) is 5.43 Å². The maximum absolute atomic E-state index is 11.3. The number of rotatable bonds is 2. The van der Waals surface area contributed by atoms with Gasteiger partial charge in [0, 0.05) is 12.3 Å². The normalized spacial score (nSPS) is 11.5. The lowest BCUT2D eigenvalue weighted by Crippen LogP contribution is -2.25. The largest absolute Gasteiger partial charge is 0.436 e. The van der Waals surface area contributed by atoms with Gasteiger partial charge < -0.3 is 10.2 Å². The molecule has 0 radical (unpaired) electrons. The van der Waals surface area contributed by atoms with Crippen LogP contribution in [-0.4, -0.2) is 11.8 Å². The molecule has 0 aliphatic carbocycles. The molecule has 3 N–H and O–H groups in total. The summed E-state index contributed by atoms with van der Waals surface area (Å²) in [6.07, 6.45) is 0. The highest BCUT2D eigenvalue weighted by molar-refractivity contribution is 5.95. The molecule has 18 heavy (non-hydrogen) atoms. The number of carbonyl (C=O) groups excluding carboxylic acids is 2. The van der Waals surface area contributed by atoms with Gasteiger partial charge in [0.2, 0.25) is 11.5 Å². The van der Waals surface area contributed by atoms with Gasteiger partial charge in [0.15, 0.2) is 0 Å². The number of nitrogens with zero attached hydrogens (tertiary/aromatic N) is 1. The van der Waals surface area contributed by atoms with Crippen LogP contribution >= 0.6 is 0 Å². The van der Waals surface area contributed by atoms with Crippen LogP contribution in [0.3, 0.4) is 0 Å². The van der Waals surface area contributed by atoms with E-state index in [0.29, 0.717) is 5.58 Å². The van der Waals surface area contributed by atoms with Crippen molar-refractivity contribution in [3.05, 3.63) is 41.4 Å². The summed E-state index contributed by atoms with van der Waals surface area (Å²) in [6.45, 7) is 1.30. The van der Waals surface area contributed by atoms with E-state index in [4.69, 9.17) is 10.2 Å². The van der Waals surface area contributed by atoms with E-state index in [0.717, 1.165) is 5.39 Å². The Kier molecular flexibility index (Phi) is 3.09. The van der Waals surface area contributed by atoms with Gasteiger partial charge in [0.1, 0.15) is 11.1 Å². The van der Waals surface area contributed by atoms with Crippen LogP contribution in [0.1, 0.15) is 17.3 Å². The number of hydrogen-bond donors (Lipinski definition) is 2. The highest BCUT2D eigenvalue weighted by Crippen LogP contribution is 2.12. The van der Waals surface area contributed by atoms with E-state index in [-0.39, 0.29) is 17.0 Å². The minimum absolute atomic E-state index is 0.0172. The number of nitrogens with two attached hydrogens (primary N) is 1. The van der Waals surface area contributed by atoms with Crippen molar-refractivity contribution in [3.63, 3.8) is 0 Å². The molecule has 0 unspecified atom stereocenters. The second kappa shape index (κ2) is 4.70. The molecule has 0 fully saturated rings. The molecular weight excluding hydrogens is 234 g/mol. The Morgan fingerprint density at radius 3 is 2.72 bits per heavy atom. The van der Waals surface area contributed by atoms with Crippen LogP contribution in [0.5, 0.6) is 0 Å². The SMILES string of the molecule is CC(=O)N/N=c1/oc2ccccc2cc1C(N)=O. The van der Waals surface area contributed by atoms with Gasteiger partial charge in [-0.25, -0.2) is 5.43 Å². The van der Waals surface area contributed by atoms with Gasteiger partial charge in [0.25, 0.3) is 5.91 Å². The number of benzene rings is 1. The van der Waals surface area contributed by atoms with Gasteiger partial charge in [-0.15, -0.1) is 5.10 Å². The maximum atomic E-state index is 11.3. The van der Waals surface area contributed by atoms with Crippen molar-refractivity contribution in [3.8, 4) is 0 Å². The van der Waals surface area contributed by atoms with Crippen LogP contribution in [0.2, 0.25) is 0 Å². The number of carbonyl (C=O) groups is 2. The quantitative estimate of drug-likeness (QED) is 0.753. The van der Waals surface area contributed by atoms with Gasteiger partial charge in [-0.2, -0.15) is 0 Å². The van der Waals surface area contributed by atoms with Gasteiger partial charge in [-0.1, -0.05) is 18.2 Å². The van der Waals surface area contributed by atoms with Crippen molar-refractivity contribution in [2.24, 2.45) is 10.8 Å². The average Bonchev–Trinajstić information content (AvgIpc) is 2.35. The van der Waals surface area contributed by atoms with Crippen LogP contribution in [0.25, 0.3) is 11.0 Å². The predicted octanol–water partition coefficient (Wildman–Crippen LogP) is 0.484. The van der Waals surface area contributed by atoms with Crippen molar-refractivity contribution in [1.29, 1.82) is 0 Å². The van der Waals surface area contributed by atoms with Crippen molar-refractivity contribution < 1.29 is 14.0 Å². The van der Waals surface area contributed by atoms with Gasteiger partial charge in [-0.05, 0) is 12.1 Å². The average molecular weight is 245 g/mol. The number of para-hydroxylation sites is 1. The predicted molar refractivity (Wildman–Crippen MR) is 64.1 cm³/mol. The third-order valence-corrected chi connectivity index (χ3v) is 2.24. The lowest BCUT2D eigenvalue weighted by Gasteiger charge is -2.01. The summed E-state index contributed by atoms with van der Waals surface area (Å²) in [7, 11) is 0. The summed E-state index contributed by atoms with van der Waals surface area (Å²) in [5, 5.41) is 4.44. The monoisotopic (exact) mass is 245 g/mol. The van der Waals surface area contributed by atoms with Crippen LogP contribution in [0.4, 0.5) is 0 Å². The van der Waals surface area contributed by atoms with E-state index >= 15 is 0 Å². The molecular formula is C12H11N3O3. The fraction of sp³-hybridized carbons (Fsp3) is 0.0833. The molecule has 1 aromatic carbocycles. The zero-order valence-electron chi connectivity index (χ0n) is 9.64. The molecule has 0 atom stereocenters. The second-order valence-corrected chi connectivity index (χ2v) is 3.65. The molecule has 0 saturated heterocycles. The summed E-state index contributed by atoms with van der Waals surface area (Å²) in [5.41, 5.74) is 8.09. The molecule has 2 aromatic rings. The van der Waals surface area contributed by atoms with Crippen LogP contribution in [-0.2, 0) is 4.79 Å². The van der Waals surface area contributed by atoms with E-state index in [9.17, 15) is 9.59 Å². The Hall–Kier alpha value is -2.63. The minimum Gasteiger partial charge on any atom is -0.436 e. The molecule has 1 aromatic heterocycles. The van der Waals surface area contributed by atoms with E-state index in [2.05, 4.69) is 10.5 Å². The van der Waals surface area contributed by atoms with Crippen molar-refractivity contribution in [2.45, 2.75) is 6.92 Å². The van der Waals surface area contributed by atoms with E-state index < -0.39 is 5.91 Å².